The monoisotopic (exact) mass is 261 g/mol. The summed E-state index contributed by atoms with van der Waals surface area (Å²) in [6, 6.07) is 9.03. The van der Waals surface area contributed by atoms with Crippen LogP contribution in [0.4, 0.5) is 0 Å². The van der Waals surface area contributed by atoms with Crippen LogP contribution in [0, 0.1) is 0 Å². The Bertz CT molecular complexity index is 528. The summed E-state index contributed by atoms with van der Waals surface area (Å²) in [5.74, 6) is 3.68. The molecule has 1 aliphatic rings. The lowest BCUT2D eigenvalue weighted by Gasteiger charge is -2.11. The smallest absolute Gasteiger partial charge is 0.134 e. The summed E-state index contributed by atoms with van der Waals surface area (Å²) in [6.07, 6.45) is 2.26. The molecule has 1 fully saturated rings. The minimum absolute atomic E-state index is 0.674. The molecule has 18 heavy (non-hydrogen) atoms. The molecular formula is C15H19NOS. The van der Waals surface area contributed by atoms with Gasteiger partial charge >= 0.3 is 0 Å². The highest BCUT2D eigenvalue weighted by Gasteiger charge is 2.17. The van der Waals surface area contributed by atoms with Gasteiger partial charge in [-0.1, -0.05) is 25.1 Å². The van der Waals surface area contributed by atoms with Crippen LogP contribution in [0.5, 0.6) is 0 Å². The average Bonchev–Trinajstić information content (AvgIpc) is 3.03. The number of aryl methyl sites for hydroxylation is 1. The lowest BCUT2D eigenvalue weighted by molar-refractivity contribution is 0.525. The van der Waals surface area contributed by atoms with E-state index in [9.17, 15) is 0 Å². The molecule has 2 nitrogen and oxygen atoms in total. The predicted octanol–water partition coefficient (Wildman–Crippen LogP) is 3.59. The Labute approximate surface area is 112 Å². The van der Waals surface area contributed by atoms with Gasteiger partial charge in [0.15, 0.2) is 0 Å². The molecule has 0 spiro atoms. The Morgan fingerprint density at radius 3 is 3.06 bits per heavy atom. The number of rotatable bonds is 4. The molecule has 1 saturated heterocycles. The fraction of sp³-hybridized carbons (Fsp3) is 0.467. The largest absolute Gasteiger partial charge is 0.461 e. The maximum atomic E-state index is 5.92. The standard InChI is InChI=1S/C15H19NOS/c1-2-14-13(9-16-11-7-8-18-10-11)12-5-3-4-6-15(12)17-14/h3-6,11,16H,2,7-10H2,1H3. The highest BCUT2D eigenvalue weighted by Crippen LogP contribution is 2.27. The first-order valence-corrected chi connectivity index (χ1v) is 7.84. The van der Waals surface area contributed by atoms with Crippen molar-refractivity contribution in [2.24, 2.45) is 0 Å². The quantitative estimate of drug-likeness (QED) is 0.910. The highest BCUT2D eigenvalue weighted by atomic mass is 32.2. The molecule has 3 heteroatoms. The van der Waals surface area contributed by atoms with Gasteiger partial charge in [-0.05, 0) is 18.2 Å². The van der Waals surface area contributed by atoms with Crippen LogP contribution in [0.2, 0.25) is 0 Å². The van der Waals surface area contributed by atoms with Crippen LogP contribution in [0.3, 0.4) is 0 Å². The van der Waals surface area contributed by atoms with Crippen LogP contribution in [0.25, 0.3) is 11.0 Å². The third kappa shape index (κ3) is 2.29. The number of thioether (sulfide) groups is 1. The molecule has 0 bridgehead atoms. The minimum atomic E-state index is 0.674. The van der Waals surface area contributed by atoms with Crippen molar-refractivity contribution in [2.75, 3.05) is 11.5 Å². The molecule has 1 aliphatic heterocycles. The number of fused-ring (bicyclic) bond motifs is 1. The summed E-state index contributed by atoms with van der Waals surface area (Å²) >= 11 is 2.05. The third-order valence-electron chi connectivity index (χ3n) is 3.60. The average molecular weight is 261 g/mol. The van der Waals surface area contributed by atoms with E-state index >= 15 is 0 Å². The molecule has 1 N–H and O–H groups in total. The van der Waals surface area contributed by atoms with Crippen LogP contribution in [0.15, 0.2) is 28.7 Å². The highest BCUT2D eigenvalue weighted by molar-refractivity contribution is 7.99. The van der Waals surface area contributed by atoms with Gasteiger partial charge in [0.2, 0.25) is 0 Å². The molecule has 1 aromatic heterocycles. The summed E-state index contributed by atoms with van der Waals surface area (Å²) in [5.41, 5.74) is 2.37. The number of hydrogen-bond donors (Lipinski definition) is 1. The van der Waals surface area contributed by atoms with Gasteiger partial charge in [0.05, 0.1) is 0 Å². The van der Waals surface area contributed by atoms with E-state index in [0.29, 0.717) is 6.04 Å². The van der Waals surface area contributed by atoms with Crippen molar-refractivity contribution >= 4 is 22.7 Å². The van der Waals surface area contributed by atoms with E-state index in [-0.39, 0.29) is 0 Å². The first kappa shape index (κ1) is 12.1. The second-order valence-electron chi connectivity index (χ2n) is 4.79. The van der Waals surface area contributed by atoms with E-state index < -0.39 is 0 Å². The van der Waals surface area contributed by atoms with E-state index in [1.54, 1.807) is 0 Å². The van der Waals surface area contributed by atoms with Gasteiger partial charge < -0.3 is 9.73 Å². The van der Waals surface area contributed by atoms with E-state index in [2.05, 4.69) is 30.4 Å². The third-order valence-corrected chi connectivity index (χ3v) is 4.76. The SMILES string of the molecule is CCc1oc2ccccc2c1CNC1CCSC1. The zero-order valence-corrected chi connectivity index (χ0v) is 11.6. The van der Waals surface area contributed by atoms with Crippen LogP contribution < -0.4 is 5.32 Å². The zero-order valence-electron chi connectivity index (χ0n) is 10.7. The second kappa shape index (κ2) is 5.37. The Kier molecular flexibility index (Phi) is 3.62. The molecule has 2 heterocycles. The van der Waals surface area contributed by atoms with E-state index in [1.165, 1.54) is 28.9 Å². The van der Waals surface area contributed by atoms with Gasteiger partial charge in [-0.3, -0.25) is 0 Å². The van der Waals surface area contributed by atoms with Crippen molar-refractivity contribution in [1.29, 1.82) is 0 Å². The predicted molar refractivity (Wildman–Crippen MR) is 78.2 cm³/mol. The van der Waals surface area contributed by atoms with Gasteiger partial charge in [-0.15, -0.1) is 0 Å². The van der Waals surface area contributed by atoms with E-state index in [1.807, 2.05) is 17.8 Å². The van der Waals surface area contributed by atoms with Gasteiger partial charge in [0.25, 0.3) is 0 Å². The number of para-hydroxylation sites is 1. The molecule has 0 aliphatic carbocycles. The second-order valence-corrected chi connectivity index (χ2v) is 5.94. The van der Waals surface area contributed by atoms with Gasteiger partial charge in [-0.2, -0.15) is 11.8 Å². The number of benzene rings is 1. The molecular weight excluding hydrogens is 242 g/mol. The van der Waals surface area contributed by atoms with Gasteiger partial charge in [0, 0.05) is 35.7 Å². The lowest BCUT2D eigenvalue weighted by atomic mass is 10.1. The van der Waals surface area contributed by atoms with E-state index in [0.717, 1.165) is 24.3 Å². The summed E-state index contributed by atoms with van der Waals surface area (Å²) in [7, 11) is 0. The lowest BCUT2D eigenvalue weighted by Crippen LogP contribution is -2.28. The van der Waals surface area contributed by atoms with Crippen LogP contribution in [0.1, 0.15) is 24.7 Å². The maximum Gasteiger partial charge on any atom is 0.134 e. The minimum Gasteiger partial charge on any atom is -0.461 e. The van der Waals surface area contributed by atoms with Crippen molar-refractivity contribution in [1.82, 2.24) is 5.32 Å². The van der Waals surface area contributed by atoms with Crippen LogP contribution in [-0.4, -0.2) is 17.5 Å². The molecule has 1 atom stereocenters. The van der Waals surface area contributed by atoms with Crippen molar-refractivity contribution in [2.45, 2.75) is 32.4 Å². The van der Waals surface area contributed by atoms with Crippen molar-refractivity contribution < 1.29 is 4.42 Å². The Morgan fingerprint density at radius 2 is 2.28 bits per heavy atom. The summed E-state index contributed by atoms with van der Waals surface area (Å²) in [6.45, 7) is 3.10. The van der Waals surface area contributed by atoms with Gasteiger partial charge in [0.1, 0.15) is 11.3 Å². The molecule has 1 aromatic carbocycles. The Hall–Kier alpha value is -0.930. The molecule has 3 rings (SSSR count). The van der Waals surface area contributed by atoms with E-state index in [4.69, 9.17) is 4.42 Å². The normalized spacial score (nSPS) is 19.7. The fourth-order valence-electron chi connectivity index (χ4n) is 2.57. The Morgan fingerprint density at radius 1 is 1.39 bits per heavy atom. The molecule has 1 unspecified atom stereocenters. The molecule has 0 radical (unpaired) electrons. The van der Waals surface area contributed by atoms with Gasteiger partial charge in [-0.25, -0.2) is 0 Å². The number of furan rings is 1. The molecule has 2 aromatic rings. The summed E-state index contributed by atoms with van der Waals surface area (Å²) in [4.78, 5) is 0. The van der Waals surface area contributed by atoms with Crippen molar-refractivity contribution in [3.63, 3.8) is 0 Å². The number of hydrogen-bond acceptors (Lipinski definition) is 3. The molecule has 96 valence electrons. The summed E-state index contributed by atoms with van der Waals surface area (Å²) < 4.78 is 5.92. The zero-order chi connectivity index (χ0) is 12.4. The first-order valence-electron chi connectivity index (χ1n) is 6.69. The Balaban J connectivity index is 1.84. The molecule has 0 saturated carbocycles. The van der Waals surface area contributed by atoms with Crippen LogP contribution >= 0.6 is 11.8 Å². The fourth-order valence-corrected chi connectivity index (χ4v) is 3.76. The first-order chi connectivity index (χ1) is 8.88. The van der Waals surface area contributed by atoms with Crippen molar-refractivity contribution in [3.05, 3.63) is 35.6 Å². The van der Waals surface area contributed by atoms with Crippen molar-refractivity contribution in [3.8, 4) is 0 Å². The maximum absolute atomic E-state index is 5.92. The molecule has 0 amide bonds. The van der Waals surface area contributed by atoms with Crippen LogP contribution in [-0.2, 0) is 13.0 Å². The summed E-state index contributed by atoms with van der Waals surface area (Å²) in [5, 5.41) is 4.94. The number of nitrogens with one attached hydrogen (secondary N) is 1. The topological polar surface area (TPSA) is 25.2 Å².